The molecule has 0 radical (unpaired) electrons. The van der Waals surface area contributed by atoms with Gasteiger partial charge in [0, 0.05) is 32.1 Å². The molecule has 116 valence electrons. The van der Waals surface area contributed by atoms with Crippen LogP contribution in [0.4, 0.5) is 0 Å². The highest BCUT2D eigenvalue weighted by atomic mass is 16.5. The van der Waals surface area contributed by atoms with Crippen LogP contribution in [-0.4, -0.2) is 55.4 Å². The number of morpholine rings is 1. The van der Waals surface area contributed by atoms with Crippen LogP contribution in [0.2, 0.25) is 0 Å². The van der Waals surface area contributed by atoms with E-state index < -0.39 is 5.97 Å². The lowest BCUT2D eigenvalue weighted by Crippen LogP contribution is -2.42. The highest BCUT2D eigenvalue weighted by Gasteiger charge is 2.17. The molecule has 1 heterocycles. The number of nitrogens with one attached hydrogen (secondary N) is 1. The standard InChI is InChI=1S/C16H24N2O3/c19-16(20)7-4-8-17-15(14-5-2-1-3-6-14)13-18-9-11-21-12-10-18/h1-3,5-6,15,17H,4,7-13H2,(H,19,20). The number of hydrogen-bond donors (Lipinski definition) is 2. The summed E-state index contributed by atoms with van der Waals surface area (Å²) in [6.45, 7) is 5.15. The molecule has 1 atom stereocenters. The van der Waals surface area contributed by atoms with Crippen molar-refractivity contribution in [2.75, 3.05) is 39.4 Å². The van der Waals surface area contributed by atoms with Crippen LogP contribution in [0.25, 0.3) is 0 Å². The Morgan fingerprint density at radius 2 is 2.00 bits per heavy atom. The zero-order chi connectivity index (χ0) is 14.9. The van der Waals surface area contributed by atoms with Crippen molar-refractivity contribution in [3.63, 3.8) is 0 Å². The maximum Gasteiger partial charge on any atom is 0.303 e. The molecule has 1 aromatic carbocycles. The average molecular weight is 292 g/mol. The van der Waals surface area contributed by atoms with E-state index in [4.69, 9.17) is 9.84 Å². The number of carboxylic acid groups (broad SMARTS) is 1. The van der Waals surface area contributed by atoms with E-state index in [9.17, 15) is 4.79 Å². The number of benzene rings is 1. The van der Waals surface area contributed by atoms with Gasteiger partial charge in [0.1, 0.15) is 0 Å². The molecule has 0 bridgehead atoms. The average Bonchev–Trinajstić information content (AvgIpc) is 2.52. The third-order valence-corrected chi connectivity index (χ3v) is 3.70. The Morgan fingerprint density at radius 3 is 2.67 bits per heavy atom. The summed E-state index contributed by atoms with van der Waals surface area (Å²) in [6.07, 6.45) is 0.869. The van der Waals surface area contributed by atoms with Crippen molar-refractivity contribution in [3.8, 4) is 0 Å². The lowest BCUT2D eigenvalue weighted by Gasteiger charge is -2.31. The van der Waals surface area contributed by atoms with Gasteiger partial charge >= 0.3 is 5.97 Å². The van der Waals surface area contributed by atoms with Gasteiger partial charge in [0.15, 0.2) is 0 Å². The first-order valence-electron chi connectivity index (χ1n) is 7.56. The maximum atomic E-state index is 10.6. The topological polar surface area (TPSA) is 61.8 Å². The van der Waals surface area contributed by atoms with E-state index in [2.05, 4.69) is 22.3 Å². The van der Waals surface area contributed by atoms with Gasteiger partial charge in [-0.1, -0.05) is 30.3 Å². The second-order valence-electron chi connectivity index (χ2n) is 5.33. The molecular weight excluding hydrogens is 268 g/mol. The Morgan fingerprint density at radius 1 is 1.29 bits per heavy atom. The molecule has 0 aromatic heterocycles. The number of carbonyl (C=O) groups is 1. The third kappa shape index (κ3) is 5.83. The Hall–Kier alpha value is -1.43. The molecule has 0 amide bonds. The van der Waals surface area contributed by atoms with Crippen LogP contribution in [0.1, 0.15) is 24.4 Å². The van der Waals surface area contributed by atoms with Gasteiger partial charge in [-0.05, 0) is 18.5 Å². The number of carboxylic acids is 1. The number of aliphatic carboxylic acids is 1. The lowest BCUT2D eigenvalue weighted by atomic mass is 10.1. The number of nitrogens with zero attached hydrogens (tertiary/aromatic N) is 1. The minimum absolute atomic E-state index is 0.214. The molecule has 2 N–H and O–H groups in total. The molecule has 1 aliphatic rings. The predicted molar refractivity (Wildman–Crippen MR) is 81.3 cm³/mol. The zero-order valence-electron chi connectivity index (χ0n) is 12.3. The molecule has 0 saturated carbocycles. The van der Waals surface area contributed by atoms with E-state index in [-0.39, 0.29) is 12.5 Å². The van der Waals surface area contributed by atoms with Gasteiger partial charge in [0.05, 0.1) is 13.2 Å². The Kier molecular flexibility index (Phi) is 6.66. The molecular formula is C16H24N2O3. The van der Waals surface area contributed by atoms with Crippen molar-refractivity contribution in [2.45, 2.75) is 18.9 Å². The number of rotatable bonds is 8. The van der Waals surface area contributed by atoms with Gasteiger partial charge in [-0.3, -0.25) is 9.69 Å². The summed E-state index contributed by atoms with van der Waals surface area (Å²) in [5.41, 5.74) is 1.25. The van der Waals surface area contributed by atoms with Crippen molar-refractivity contribution in [3.05, 3.63) is 35.9 Å². The highest BCUT2D eigenvalue weighted by molar-refractivity contribution is 5.66. The second kappa shape index (κ2) is 8.77. The van der Waals surface area contributed by atoms with Gasteiger partial charge in [0.2, 0.25) is 0 Å². The fourth-order valence-corrected chi connectivity index (χ4v) is 2.53. The zero-order valence-corrected chi connectivity index (χ0v) is 12.3. The van der Waals surface area contributed by atoms with Crippen LogP contribution in [0, 0.1) is 0 Å². The van der Waals surface area contributed by atoms with E-state index in [1.807, 2.05) is 18.2 Å². The van der Waals surface area contributed by atoms with Crippen molar-refractivity contribution in [1.29, 1.82) is 0 Å². The highest BCUT2D eigenvalue weighted by Crippen LogP contribution is 2.15. The third-order valence-electron chi connectivity index (χ3n) is 3.70. The van der Waals surface area contributed by atoms with E-state index in [0.29, 0.717) is 6.42 Å². The molecule has 1 unspecified atom stereocenters. The van der Waals surface area contributed by atoms with Gasteiger partial charge in [0.25, 0.3) is 0 Å². The summed E-state index contributed by atoms with van der Waals surface area (Å²) < 4.78 is 5.38. The minimum atomic E-state index is -0.735. The smallest absolute Gasteiger partial charge is 0.303 e. The molecule has 5 heteroatoms. The fourth-order valence-electron chi connectivity index (χ4n) is 2.53. The summed E-state index contributed by atoms with van der Waals surface area (Å²) >= 11 is 0. The van der Waals surface area contributed by atoms with Gasteiger partial charge < -0.3 is 15.2 Å². The van der Waals surface area contributed by atoms with Crippen LogP contribution >= 0.6 is 0 Å². The van der Waals surface area contributed by atoms with Gasteiger partial charge in [-0.2, -0.15) is 0 Å². The summed E-state index contributed by atoms with van der Waals surface area (Å²) in [4.78, 5) is 13.0. The molecule has 1 aromatic rings. The van der Waals surface area contributed by atoms with Crippen LogP contribution in [0.3, 0.4) is 0 Å². The minimum Gasteiger partial charge on any atom is -0.481 e. The first-order chi connectivity index (χ1) is 10.3. The Labute approximate surface area is 125 Å². The van der Waals surface area contributed by atoms with Gasteiger partial charge in [-0.25, -0.2) is 0 Å². The van der Waals surface area contributed by atoms with Crippen molar-refractivity contribution >= 4 is 5.97 Å². The van der Waals surface area contributed by atoms with Gasteiger partial charge in [-0.15, -0.1) is 0 Å². The SMILES string of the molecule is O=C(O)CCCNC(CN1CCOCC1)c1ccccc1. The molecule has 2 rings (SSSR count). The molecule has 21 heavy (non-hydrogen) atoms. The summed E-state index contributed by atoms with van der Waals surface area (Å²) in [7, 11) is 0. The second-order valence-corrected chi connectivity index (χ2v) is 5.33. The van der Waals surface area contributed by atoms with E-state index in [1.165, 1.54) is 5.56 Å². The summed E-state index contributed by atoms with van der Waals surface area (Å²) in [5, 5.41) is 12.2. The maximum absolute atomic E-state index is 10.6. The molecule has 1 fully saturated rings. The lowest BCUT2D eigenvalue weighted by molar-refractivity contribution is -0.137. The monoisotopic (exact) mass is 292 g/mol. The molecule has 0 spiro atoms. The van der Waals surface area contributed by atoms with E-state index in [0.717, 1.165) is 39.4 Å². The predicted octanol–water partition coefficient (Wildman–Crippen LogP) is 1.51. The number of ether oxygens (including phenoxy) is 1. The van der Waals surface area contributed by atoms with Crippen molar-refractivity contribution < 1.29 is 14.6 Å². The van der Waals surface area contributed by atoms with Crippen LogP contribution in [0.15, 0.2) is 30.3 Å². The molecule has 1 saturated heterocycles. The quantitative estimate of drug-likeness (QED) is 0.711. The first kappa shape index (κ1) is 15.9. The Balaban J connectivity index is 1.88. The molecule has 1 aliphatic heterocycles. The summed E-state index contributed by atoms with van der Waals surface area (Å²) in [6, 6.07) is 10.6. The Bertz CT molecular complexity index is 419. The normalized spacial score (nSPS) is 17.5. The largest absolute Gasteiger partial charge is 0.481 e. The van der Waals surface area contributed by atoms with Crippen LogP contribution in [0.5, 0.6) is 0 Å². The van der Waals surface area contributed by atoms with Crippen LogP contribution < -0.4 is 5.32 Å². The first-order valence-corrected chi connectivity index (χ1v) is 7.56. The molecule has 5 nitrogen and oxygen atoms in total. The van der Waals surface area contributed by atoms with E-state index in [1.54, 1.807) is 0 Å². The molecule has 0 aliphatic carbocycles. The fraction of sp³-hybridized carbons (Fsp3) is 0.562. The van der Waals surface area contributed by atoms with Crippen LogP contribution in [-0.2, 0) is 9.53 Å². The van der Waals surface area contributed by atoms with Crippen molar-refractivity contribution in [1.82, 2.24) is 10.2 Å². The number of hydrogen-bond acceptors (Lipinski definition) is 4. The summed E-state index contributed by atoms with van der Waals surface area (Å²) in [5.74, 6) is -0.735. The van der Waals surface area contributed by atoms with Crippen molar-refractivity contribution in [2.24, 2.45) is 0 Å². The van der Waals surface area contributed by atoms with E-state index >= 15 is 0 Å².